The average molecular weight is 349 g/mol. The topological polar surface area (TPSA) is 45.0 Å². The first-order valence-corrected chi connectivity index (χ1v) is 7.11. The van der Waals surface area contributed by atoms with Crippen LogP contribution >= 0.6 is 15.9 Å². The number of anilines is 1. The summed E-state index contributed by atoms with van der Waals surface area (Å²) in [6, 6.07) is 10.7. The molecule has 0 aliphatic carbocycles. The van der Waals surface area contributed by atoms with Crippen LogP contribution in [0.4, 0.5) is 10.1 Å². The van der Waals surface area contributed by atoms with E-state index in [4.69, 9.17) is 10.00 Å². The zero-order valence-corrected chi connectivity index (χ0v) is 13.3. The summed E-state index contributed by atoms with van der Waals surface area (Å²) in [4.78, 5) is 0. The molecule has 0 saturated heterocycles. The van der Waals surface area contributed by atoms with Gasteiger partial charge < -0.3 is 10.1 Å². The molecular formula is C16H14BrFN2O. The van der Waals surface area contributed by atoms with Gasteiger partial charge in [-0.3, -0.25) is 0 Å². The van der Waals surface area contributed by atoms with Gasteiger partial charge in [0.1, 0.15) is 17.6 Å². The van der Waals surface area contributed by atoms with E-state index in [2.05, 4.69) is 27.3 Å². The van der Waals surface area contributed by atoms with Crippen molar-refractivity contribution in [2.24, 2.45) is 0 Å². The number of nitrogens with one attached hydrogen (secondary N) is 1. The maximum absolute atomic E-state index is 13.6. The lowest BCUT2D eigenvalue weighted by Gasteiger charge is -2.11. The largest absolute Gasteiger partial charge is 0.495 e. The first-order chi connectivity index (χ1) is 10.0. The summed E-state index contributed by atoms with van der Waals surface area (Å²) in [5, 5.41) is 12.2. The van der Waals surface area contributed by atoms with Gasteiger partial charge >= 0.3 is 0 Å². The number of rotatable bonds is 4. The van der Waals surface area contributed by atoms with Gasteiger partial charge in [-0.05, 0) is 58.2 Å². The molecule has 1 N–H and O–H groups in total. The van der Waals surface area contributed by atoms with Gasteiger partial charge in [0.15, 0.2) is 0 Å². The lowest BCUT2D eigenvalue weighted by Crippen LogP contribution is -2.02. The van der Waals surface area contributed by atoms with Crippen molar-refractivity contribution < 1.29 is 9.13 Å². The van der Waals surface area contributed by atoms with E-state index in [-0.39, 0.29) is 5.82 Å². The molecule has 0 bridgehead atoms. The fourth-order valence-electron chi connectivity index (χ4n) is 1.99. The molecule has 0 atom stereocenters. The Bertz CT molecular complexity index is 710. The van der Waals surface area contributed by atoms with Crippen LogP contribution in [0.1, 0.15) is 16.7 Å². The Hall–Kier alpha value is -2.06. The maximum Gasteiger partial charge on any atom is 0.139 e. The molecule has 0 heterocycles. The minimum Gasteiger partial charge on any atom is -0.495 e. The van der Waals surface area contributed by atoms with E-state index < -0.39 is 0 Å². The molecule has 0 aromatic heterocycles. The molecule has 0 aliphatic heterocycles. The second-order valence-electron chi connectivity index (χ2n) is 4.58. The monoisotopic (exact) mass is 348 g/mol. The molecule has 108 valence electrons. The minimum absolute atomic E-state index is 0.310. The molecule has 0 radical (unpaired) electrons. The Kier molecular flexibility index (Phi) is 4.81. The highest BCUT2D eigenvalue weighted by Gasteiger charge is 2.07. The summed E-state index contributed by atoms with van der Waals surface area (Å²) in [5.41, 5.74) is 3.08. The highest BCUT2D eigenvalue weighted by Crippen LogP contribution is 2.25. The van der Waals surface area contributed by atoms with Crippen molar-refractivity contribution in [1.29, 1.82) is 5.26 Å². The number of aryl methyl sites for hydroxylation is 1. The van der Waals surface area contributed by atoms with Crippen LogP contribution in [0.5, 0.6) is 5.75 Å². The molecule has 0 saturated carbocycles. The lowest BCUT2D eigenvalue weighted by atomic mass is 10.1. The zero-order valence-electron chi connectivity index (χ0n) is 11.7. The number of nitrogens with zero attached hydrogens (tertiary/aromatic N) is 1. The number of halogens is 2. The molecule has 0 fully saturated rings. The number of methoxy groups -OCH3 is 1. The van der Waals surface area contributed by atoms with Crippen LogP contribution in [0, 0.1) is 24.1 Å². The summed E-state index contributed by atoms with van der Waals surface area (Å²) in [6.45, 7) is 2.40. The highest BCUT2D eigenvalue weighted by molar-refractivity contribution is 9.10. The van der Waals surface area contributed by atoms with Crippen molar-refractivity contribution in [2.45, 2.75) is 13.5 Å². The normalized spacial score (nSPS) is 10.0. The smallest absolute Gasteiger partial charge is 0.139 e. The van der Waals surface area contributed by atoms with Crippen molar-refractivity contribution in [1.82, 2.24) is 0 Å². The highest BCUT2D eigenvalue weighted by atomic mass is 79.9. The maximum atomic E-state index is 13.6. The molecular weight excluding hydrogens is 335 g/mol. The van der Waals surface area contributed by atoms with Gasteiger partial charge in [-0.25, -0.2) is 4.39 Å². The summed E-state index contributed by atoms with van der Waals surface area (Å²) < 4.78 is 19.1. The van der Waals surface area contributed by atoms with E-state index in [1.165, 1.54) is 13.2 Å². The SMILES string of the molecule is COc1ccc(CNc2cc(F)c(Br)cc2C)cc1C#N. The molecule has 0 amide bonds. The van der Waals surface area contributed by atoms with Crippen LogP contribution in [0.25, 0.3) is 0 Å². The van der Waals surface area contributed by atoms with Crippen LogP contribution in [0.3, 0.4) is 0 Å². The fraction of sp³-hybridized carbons (Fsp3) is 0.188. The third-order valence-electron chi connectivity index (χ3n) is 3.13. The van der Waals surface area contributed by atoms with Crippen LogP contribution in [-0.4, -0.2) is 7.11 Å². The lowest BCUT2D eigenvalue weighted by molar-refractivity contribution is 0.413. The standard InChI is InChI=1S/C16H14BrFN2O/c1-10-5-13(17)14(18)7-15(10)20-9-11-3-4-16(21-2)12(6-11)8-19/h3-7,20H,9H2,1-2H3. The molecule has 0 spiro atoms. The summed E-state index contributed by atoms with van der Waals surface area (Å²) in [5.74, 6) is 0.239. The minimum atomic E-state index is -0.310. The van der Waals surface area contributed by atoms with E-state index in [0.29, 0.717) is 22.3 Å². The van der Waals surface area contributed by atoms with Gasteiger partial charge in [0.05, 0.1) is 17.1 Å². The molecule has 3 nitrogen and oxygen atoms in total. The predicted molar refractivity (Wildman–Crippen MR) is 83.9 cm³/mol. The number of hydrogen-bond acceptors (Lipinski definition) is 3. The van der Waals surface area contributed by atoms with Gasteiger partial charge in [-0.15, -0.1) is 0 Å². The van der Waals surface area contributed by atoms with Crippen LogP contribution in [0.15, 0.2) is 34.8 Å². The van der Waals surface area contributed by atoms with Gasteiger partial charge in [0.25, 0.3) is 0 Å². The Morgan fingerprint density at radius 2 is 2.10 bits per heavy atom. The predicted octanol–water partition coefficient (Wildman–Crippen LogP) is 4.39. The average Bonchev–Trinajstić information content (AvgIpc) is 2.49. The van der Waals surface area contributed by atoms with E-state index in [1.807, 2.05) is 13.0 Å². The van der Waals surface area contributed by atoms with E-state index in [1.54, 1.807) is 18.2 Å². The summed E-state index contributed by atoms with van der Waals surface area (Å²) in [7, 11) is 1.53. The molecule has 2 rings (SSSR count). The fourth-order valence-corrected chi connectivity index (χ4v) is 2.44. The second kappa shape index (κ2) is 6.59. The first kappa shape index (κ1) is 15.3. The van der Waals surface area contributed by atoms with Crippen molar-refractivity contribution in [3.05, 3.63) is 57.3 Å². The zero-order chi connectivity index (χ0) is 15.4. The van der Waals surface area contributed by atoms with Crippen molar-refractivity contribution in [3.63, 3.8) is 0 Å². The van der Waals surface area contributed by atoms with E-state index in [0.717, 1.165) is 16.8 Å². The number of nitriles is 1. The molecule has 5 heteroatoms. The Labute approximate surface area is 131 Å². The van der Waals surface area contributed by atoms with Crippen LogP contribution in [-0.2, 0) is 6.54 Å². The molecule has 0 unspecified atom stereocenters. The van der Waals surface area contributed by atoms with Crippen molar-refractivity contribution >= 4 is 21.6 Å². The quantitative estimate of drug-likeness (QED) is 0.891. The summed E-state index contributed by atoms with van der Waals surface area (Å²) >= 11 is 3.16. The third kappa shape index (κ3) is 3.53. The van der Waals surface area contributed by atoms with Crippen LogP contribution < -0.4 is 10.1 Å². The molecule has 21 heavy (non-hydrogen) atoms. The number of ether oxygens (including phenoxy) is 1. The summed E-state index contributed by atoms with van der Waals surface area (Å²) in [6.07, 6.45) is 0. The Balaban J connectivity index is 2.17. The number of hydrogen-bond donors (Lipinski definition) is 1. The van der Waals surface area contributed by atoms with Gasteiger partial charge in [0, 0.05) is 12.2 Å². The third-order valence-corrected chi connectivity index (χ3v) is 3.74. The van der Waals surface area contributed by atoms with Crippen LogP contribution in [0.2, 0.25) is 0 Å². The first-order valence-electron chi connectivity index (χ1n) is 6.31. The Morgan fingerprint density at radius 3 is 2.76 bits per heavy atom. The van der Waals surface area contributed by atoms with Gasteiger partial charge in [0.2, 0.25) is 0 Å². The van der Waals surface area contributed by atoms with Crippen molar-refractivity contribution in [3.8, 4) is 11.8 Å². The molecule has 0 aliphatic rings. The van der Waals surface area contributed by atoms with Gasteiger partial charge in [-0.1, -0.05) is 6.07 Å². The molecule has 2 aromatic rings. The van der Waals surface area contributed by atoms with E-state index >= 15 is 0 Å². The van der Waals surface area contributed by atoms with Crippen molar-refractivity contribution in [2.75, 3.05) is 12.4 Å². The molecule has 2 aromatic carbocycles. The second-order valence-corrected chi connectivity index (χ2v) is 5.44. The van der Waals surface area contributed by atoms with Gasteiger partial charge in [-0.2, -0.15) is 5.26 Å². The number of benzene rings is 2. The Morgan fingerprint density at radius 1 is 1.33 bits per heavy atom. The van der Waals surface area contributed by atoms with E-state index in [9.17, 15) is 4.39 Å².